The van der Waals surface area contributed by atoms with Crippen LogP contribution < -0.4 is 10.2 Å². The Kier molecular flexibility index (Phi) is 6.35. The van der Waals surface area contributed by atoms with E-state index < -0.39 is 30.3 Å². The molecule has 0 unspecified atom stereocenters. The van der Waals surface area contributed by atoms with Gasteiger partial charge in [0, 0.05) is 17.4 Å². The van der Waals surface area contributed by atoms with Crippen LogP contribution in [0.2, 0.25) is 0 Å². The van der Waals surface area contributed by atoms with Crippen LogP contribution in [-0.4, -0.2) is 33.1 Å². The van der Waals surface area contributed by atoms with Crippen LogP contribution in [-0.2, 0) is 14.4 Å². The van der Waals surface area contributed by atoms with Crippen molar-refractivity contribution < 1.29 is 24.6 Å². The van der Waals surface area contributed by atoms with Crippen molar-refractivity contribution in [3.8, 4) is 0 Å². The second-order valence-corrected chi connectivity index (χ2v) is 7.01. The van der Waals surface area contributed by atoms with Gasteiger partial charge in [-0.05, 0) is 17.7 Å². The van der Waals surface area contributed by atoms with Crippen LogP contribution in [0.4, 0.5) is 0 Å². The zero-order valence-electron chi connectivity index (χ0n) is 12.5. The van der Waals surface area contributed by atoms with Crippen LogP contribution in [0.5, 0.6) is 0 Å². The normalized spacial score (nSPS) is 17.9. The molecular weight excluding hydrogens is 386 g/mol. The zero-order valence-corrected chi connectivity index (χ0v) is 14.9. The SMILES string of the molecule is O=C([O-])C[C@H](C(=O)[O-])N1C(=O)/C(=C/C(Cl)=C/c2ccccc2)SC1=S. The van der Waals surface area contributed by atoms with E-state index in [1.54, 1.807) is 6.08 Å². The minimum absolute atomic E-state index is 0.0872. The maximum atomic E-state index is 12.4. The first-order valence-corrected chi connectivity index (χ1v) is 8.50. The van der Waals surface area contributed by atoms with Gasteiger partial charge in [-0.15, -0.1) is 0 Å². The molecule has 6 nitrogen and oxygen atoms in total. The second kappa shape index (κ2) is 8.28. The lowest BCUT2D eigenvalue weighted by Gasteiger charge is -2.27. The monoisotopic (exact) mass is 395 g/mol. The number of hydrogen-bond donors (Lipinski definition) is 0. The summed E-state index contributed by atoms with van der Waals surface area (Å²) in [5.41, 5.74) is 0.809. The molecule has 1 aliphatic rings. The maximum Gasteiger partial charge on any atom is 0.266 e. The molecule has 1 aliphatic heterocycles. The van der Waals surface area contributed by atoms with E-state index >= 15 is 0 Å². The van der Waals surface area contributed by atoms with Crippen LogP contribution in [0.15, 0.2) is 46.3 Å². The predicted molar refractivity (Wildman–Crippen MR) is 93.8 cm³/mol. The number of halogens is 1. The summed E-state index contributed by atoms with van der Waals surface area (Å²) in [6, 6.07) is 7.37. The van der Waals surface area contributed by atoms with Gasteiger partial charge in [0.1, 0.15) is 4.32 Å². The number of nitrogens with zero attached hydrogens (tertiary/aromatic N) is 1. The van der Waals surface area contributed by atoms with Crippen molar-refractivity contribution in [1.29, 1.82) is 0 Å². The van der Waals surface area contributed by atoms with E-state index in [9.17, 15) is 24.6 Å². The van der Waals surface area contributed by atoms with Crippen LogP contribution in [0.1, 0.15) is 12.0 Å². The molecule has 1 atom stereocenters. The molecular formula is C16H10ClNO5S2-2. The topological polar surface area (TPSA) is 101 Å². The van der Waals surface area contributed by atoms with Crippen molar-refractivity contribution in [3.05, 3.63) is 51.9 Å². The van der Waals surface area contributed by atoms with Gasteiger partial charge in [-0.3, -0.25) is 9.69 Å². The summed E-state index contributed by atoms with van der Waals surface area (Å²) in [6.45, 7) is 0. The molecule has 1 aromatic carbocycles. The average Bonchev–Trinajstić information content (AvgIpc) is 2.79. The first-order valence-electron chi connectivity index (χ1n) is 6.89. The number of rotatable bonds is 6. The molecule has 130 valence electrons. The molecule has 1 aromatic rings. The summed E-state index contributed by atoms with van der Waals surface area (Å²) >= 11 is 11.9. The fourth-order valence-corrected chi connectivity index (χ4v) is 3.71. The smallest absolute Gasteiger partial charge is 0.266 e. The van der Waals surface area contributed by atoms with Gasteiger partial charge in [-0.2, -0.15) is 0 Å². The van der Waals surface area contributed by atoms with E-state index in [0.717, 1.165) is 17.3 Å². The predicted octanol–water partition coefficient (Wildman–Crippen LogP) is 0.269. The lowest BCUT2D eigenvalue weighted by Crippen LogP contribution is -2.52. The fraction of sp³-hybridized carbons (Fsp3) is 0.125. The number of benzene rings is 1. The Morgan fingerprint density at radius 1 is 1.28 bits per heavy atom. The third-order valence-electron chi connectivity index (χ3n) is 3.14. The summed E-state index contributed by atoms with van der Waals surface area (Å²) in [7, 11) is 0. The van der Waals surface area contributed by atoms with Crippen molar-refractivity contribution >= 4 is 63.8 Å². The highest BCUT2D eigenvalue weighted by Gasteiger charge is 2.37. The zero-order chi connectivity index (χ0) is 18.6. The van der Waals surface area contributed by atoms with Gasteiger partial charge in [-0.25, -0.2) is 0 Å². The Hall–Kier alpha value is -2.16. The number of allylic oxidation sites excluding steroid dienone is 2. The molecule has 25 heavy (non-hydrogen) atoms. The minimum atomic E-state index is -1.74. The maximum absolute atomic E-state index is 12.4. The number of carboxylic acid groups (broad SMARTS) is 2. The van der Waals surface area contributed by atoms with Gasteiger partial charge in [0.15, 0.2) is 0 Å². The first-order chi connectivity index (χ1) is 11.8. The van der Waals surface area contributed by atoms with E-state index in [4.69, 9.17) is 23.8 Å². The van der Waals surface area contributed by atoms with E-state index in [1.807, 2.05) is 30.3 Å². The van der Waals surface area contributed by atoms with Crippen LogP contribution in [0, 0.1) is 0 Å². The lowest BCUT2D eigenvalue weighted by molar-refractivity contribution is -0.319. The molecule has 1 saturated heterocycles. The van der Waals surface area contributed by atoms with Gasteiger partial charge in [0.05, 0.1) is 16.9 Å². The molecule has 0 saturated carbocycles. The molecule has 9 heteroatoms. The third kappa shape index (κ3) is 4.91. The molecule has 0 spiro atoms. The molecule has 0 bridgehead atoms. The number of carbonyl (C=O) groups excluding carboxylic acids is 3. The highest BCUT2D eigenvalue weighted by Crippen LogP contribution is 2.34. The number of thiocarbonyl (C=S) groups is 1. The molecule has 1 amide bonds. The summed E-state index contributed by atoms with van der Waals surface area (Å²) in [5.74, 6) is -4.10. The van der Waals surface area contributed by atoms with Crippen molar-refractivity contribution in [1.82, 2.24) is 4.90 Å². The number of hydrogen-bond acceptors (Lipinski definition) is 7. The number of aliphatic carboxylic acids is 2. The van der Waals surface area contributed by atoms with E-state index in [-0.39, 0.29) is 14.3 Å². The quantitative estimate of drug-likeness (QED) is 0.503. The van der Waals surface area contributed by atoms with Gasteiger partial charge < -0.3 is 19.8 Å². The Morgan fingerprint density at radius 3 is 2.48 bits per heavy atom. The number of thioether (sulfide) groups is 1. The molecule has 1 heterocycles. The molecule has 0 aliphatic carbocycles. The molecule has 0 radical (unpaired) electrons. The van der Waals surface area contributed by atoms with Crippen LogP contribution >= 0.6 is 35.6 Å². The number of carbonyl (C=O) groups is 3. The second-order valence-electron chi connectivity index (χ2n) is 4.90. The van der Waals surface area contributed by atoms with Crippen molar-refractivity contribution in [2.24, 2.45) is 0 Å². The van der Waals surface area contributed by atoms with Crippen LogP contribution in [0.3, 0.4) is 0 Å². The van der Waals surface area contributed by atoms with Gasteiger partial charge >= 0.3 is 0 Å². The highest BCUT2D eigenvalue weighted by molar-refractivity contribution is 8.26. The third-order valence-corrected chi connectivity index (χ3v) is 4.69. The first kappa shape index (κ1) is 19.2. The number of carboxylic acids is 2. The van der Waals surface area contributed by atoms with Crippen molar-refractivity contribution in [3.63, 3.8) is 0 Å². The Bertz CT molecular complexity index is 791. The average molecular weight is 396 g/mol. The lowest BCUT2D eigenvalue weighted by atomic mass is 10.2. The largest absolute Gasteiger partial charge is 0.550 e. The molecule has 1 fully saturated rings. The Labute approximate surface area is 157 Å². The van der Waals surface area contributed by atoms with E-state index in [0.29, 0.717) is 4.90 Å². The summed E-state index contributed by atoms with van der Waals surface area (Å²) in [6.07, 6.45) is 2.04. The van der Waals surface area contributed by atoms with E-state index in [2.05, 4.69) is 0 Å². The van der Waals surface area contributed by atoms with Crippen molar-refractivity contribution in [2.45, 2.75) is 12.5 Å². The fourth-order valence-electron chi connectivity index (χ4n) is 2.06. The van der Waals surface area contributed by atoms with Gasteiger partial charge in [0.2, 0.25) is 0 Å². The van der Waals surface area contributed by atoms with E-state index in [1.165, 1.54) is 6.08 Å². The summed E-state index contributed by atoms with van der Waals surface area (Å²) in [4.78, 5) is 35.1. The summed E-state index contributed by atoms with van der Waals surface area (Å²) in [5, 5.41) is 22.1. The molecule has 0 N–H and O–H groups in total. The number of amides is 1. The van der Waals surface area contributed by atoms with Crippen LogP contribution in [0.25, 0.3) is 6.08 Å². The highest BCUT2D eigenvalue weighted by atomic mass is 35.5. The molecule has 0 aromatic heterocycles. The van der Waals surface area contributed by atoms with Crippen molar-refractivity contribution in [2.75, 3.05) is 0 Å². The minimum Gasteiger partial charge on any atom is -0.550 e. The summed E-state index contributed by atoms with van der Waals surface area (Å²) < 4.78 is -0.0872. The van der Waals surface area contributed by atoms with Gasteiger partial charge in [-0.1, -0.05) is 65.9 Å². The Morgan fingerprint density at radius 2 is 1.92 bits per heavy atom. The standard InChI is InChI=1S/C16H12ClNO5S2/c17-10(6-9-4-2-1-3-5-9)7-12-14(21)18(16(24)25-12)11(15(22)23)8-13(19)20/h1-7,11H,8H2,(H,19,20)(H,22,23)/p-2/b10-6-,12-7-/t11-/m1/s1. The van der Waals surface area contributed by atoms with Gasteiger partial charge in [0.25, 0.3) is 5.91 Å². The Balaban J connectivity index is 2.26. The molecule has 2 rings (SSSR count).